The summed E-state index contributed by atoms with van der Waals surface area (Å²) in [5, 5.41) is 8.64. The third-order valence-corrected chi connectivity index (χ3v) is 1.80. The van der Waals surface area contributed by atoms with E-state index in [1.54, 1.807) is 27.7 Å². The number of rotatable bonds is 5. The molecule has 0 spiro atoms. The molecule has 0 N–H and O–H groups in total. The second-order valence-corrected chi connectivity index (χ2v) is 4.62. The first kappa shape index (κ1) is 16.2. The van der Waals surface area contributed by atoms with Crippen LogP contribution in [0.25, 0.3) is 0 Å². The van der Waals surface area contributed by atoms with E-state index in [1.165, 1.54) is 4.90 Å². The van der Waals surface area contributed by atoms with Crippen molar-refractivity contribution in [2.75, 3.05) is 19.7 Å². The summed E-state index contributed by atoms with van der Waals surface area (Å²) in [7, 11) is 0. The number of carbonyl (C=O) groups excluding carboxylic acids is 2. The zero-order chi connectivity index (χ0) is 14.2. The van der Waals surface area contributed by atoms with Crippen molar-refractivity contribution in [2.24, 2.45) is 0 Å². The van der Waals surface area contributed by atoms with E-state index in [4.69, 9.17) is 14.7 Å². The van der Waals surface area contributed by atoms with Crippen molar-refractivity contribution in [3.63, 3.8) is 0 Å². The van der Waals surface area contributed by atoms with Gasteiger partial charge in [-0.3, -0.25) is 9.69 Å². The van der Waals surface area contributed by atoms with Gasteiger partial charge in [-0.05, 0) is 27.7 Å². The summed E-state index contributed by atoms with van der Waals surface area (Å²) in [6, 6.07) is 1.86. The highest BCUT2D eigenvalue weighted by Crippen LogP contribution is 2.10. The molecule has 0 heterocycles. The van der Waals surface area contributed by atoms with E-state index in [2.05, 4.69) is 0 Å². The Labute approximate surface area is 107 Å². The topological polar surface area (TPSA) is 79.6 Å². The van der Waals surface area contributed by atoms with Gasteiger partial charge in [0, 0.05) is 6.54 Å². The molecule has 6 heteroatoms. The minimum absolute atomic E-state index is 0.0504. The summed E-state index contributed by atoms with van der Waals surface area (Å²) in [6.45, 7) is 7.21. The second-order valence-electron chi connectivity index (χ2n) is 4.62. The van der Waals surface area contributed by atoms with Crippen LogP contribution in [0.1, 0.15) is 34.1 Å². The molecular formula is C12H20N2O4. The number of hydrogen-bond donors (Lipinski definition) is 0. The van der Waals surface area contributed by atoms with Crippen molar-refractivity contribution in [1.82, 2.24) is 4.90 Å². The van der Waals surface area contributed by atoms with Crippen LogP contribution in [0.15, 0.2) is 0 Å². The van der Waals surface area contributed by atoms with Crippen LogP contribution in [0.5, 0.6) is 0 Å². The molecule has 0 aromatic heterocycles. The second kappa shape index (κ2) is 7.54. The Balaban J connectivity index is 4.35. The van der Waals surface area contributed by atoms with E-state index < -0.39 is 17.7 Å². The van der Waals surface area contributed by atoms with Crippen LogP contribution in [0.3, 0.4) is 0 Å². The molecule has 0 fully saturated rings. The molecule has 0 aliphatic rings. The van der Waals surface area contributed by atoms with Gasteiger partial charge < -0.3 is 9.47 Å². The normalized spacial score (nSPS) is 10.4. The summed E-state index contributed by atoms with van der Waals surface area (Å²) >= 11 is 0. The molecule has 0 bridgehead atoms. The molecule has 0 rings (SSSR count). The fourth-order valence-corrected chi connectivity index (χ4v) is 1.11. The van der Waals surface area contributed by atoms with Crippen LogP contribution in [0.4, 0.5) is 4.79 Å². The number of nitriles is 1. The van der Waals surface area contributed by atoms with E-state index in [-0.39, 0.29) is 19.5 Å². The fourth-order valence-electron chi connectivity index (χ4n) is 1.11. The summed E-state index contributed by atoms with van der Waals surface area (Å²) < 4.78 is 9.88. The maximum atomic E-state index is 11.7. The molecule has 0 unspecified atom stereocenters. The van der Waals surface area contributed by atoms with Crippen LogP contribution in [-0.4, -0.2) is 42.3 Å². The third-order valence-electron chi connectivity index (χ3n) is 1.80. The summed E-state index contributed by atoms with van der Waals surface area (Å²) in [5.74, 6) is -0.399. The van der Waals surface area contributed by atoms with Crippen molar-refractivity contribution in [1.29, 1.82) is 5.26 Å². The van der Waals surface area contributed by atoms with Gasteiger partial charge in [0.2, 0.25) is 0 Å². The SMILES string of the molecule is CCOC(=O)CCN(CC#N)C(=O)OC(C)(C)C. The molecule has 18 heavy (non-hydrogen) atoms. The number of ether oxygens (including phenoxy) is 2. The van der Waals surface area contributed by atoms with Gasteiger partial charge in [-0.1, -0.05) is 0 Å². The maximum Gasteiger partial charge on any atom is 0.411 e. The summed E-state index contributed by atoms with van der Waals surface area (Å²) in [4.78, 5) is 24.1. The first-order valence-corrected chi connectivity index (χ1v) is 5.80. The fraction of sp³-hybridized carbons (Fsp3) is 0.750. The third kappa shape index (κ3) is 7.49. The molecule has 0 aliphatic heterocycles. The van der Waals surface area contributed by atoms with E-state index >= 15 is 0 Å². The van der Waals surface area contributed by atoms with Crippen LogP contribution < -0.4 is 0 Å². The molecule has 0 aromatic carbocycles. The van der Waals surface area contributed by atoms with Crippen molar-refractivity contribution in [3.8, 4) is 6.07 Å². The monoisotopic (exact) mass is 256 g/mol. The number of hydrogen-bond acceptors (Lipinski definition) is 5. The Kier molecular flexibility index (Phi) is 6.79. The highest BCUT2D eigenvalue weighted by atomic mass is 16.6. The average Bonchev–Trinajstić information content (AvgIpc) is 2.22. The zero-order valence-electron chi connectivity index (χ0n) is 11.4. The largest absolute Gasteiger partial charge is 0.466 e. The van der Waals surface area contributed by atoms with Crippen molar-refractivity contribution in [2.45, 2.75) is 39.7 Å². The van der Waals surface area contributed by atoms with Crippen LogP contribution >= 0.6 is 0 Å². The number of esters is 1. The molecule has 0 saturated carbocycles. The quantitative estimate of drug-likeness (QED) is 0.552. The molecule has 102 valence electrons. The van der Waals surface area contributed by atoms with Gasteiger partial charge in [-0.25, -0.2) is 4.79 Å². The first-order valence-electron chi connectivity index (χ1n) is 5.80. The van der Waals surface area contributed by atoms with Gasteiger partial charge in [0.25, 0.3) is 0 Å². The van der Waals surface area contributed by atoms with E-state index in [0.717, 1.165) is 0 Å². The Morgan fingerprint density at radius 1 is 1.33 bits per heavy atom. The van der Waals surface area contributed by atoms with E-state index in [0.29, 0.717) is 6.61 Å². The van der Waals surface area contributed by atoms with Crippen LogP contribution in [-0.2, 0) is 14.3 Å². The molecule has 0 radical (unpaired) electrons. The van der Waals surface area contributed by atoms with Crippen molar-refractivity contribution in [3.05, 3.63) is 0 Å². The molecule has 0 aliphatic carbocycles. The Hall–Kier alpha value is -1.77. The van der Waals surface area contributed by atoms with E-state index in [1.807, 2.05) is 6.07 Å². The van der Waals surface area contributed by atoms with Crippen molar-refractivity contribution >= 4 is 12.1 Å². The minimum Gasteiger partial charge on any atom is -0.466 e. The molecule has 1 amide bonds. The average molecular weight is 256 g/mol. The van der Waals surface area contributed by atoms with Gasteiger partial charge in [0.15, 0.2) is 0 Å². The predicted molar refractivity (Wildman–Crippen MR) is 64.7 cm³/mol. The Morgan fingerprint density at radius 3 is 2.39 bits per heavy atom. The number of carbonyl (C=O) groups is 2. The molecule has 6 nitrogen and oxygen atoms in total. The zero-order valence-corrected chi connectivity index (χ0v) is 11.4. The van der Waals surface area contributed by atoms with Gasteiger partial charge in [0.05, 0.1) is 19.1 Å². The van der Waals surface area contributed by atoms with Gasteiger partial charge in [-0.2, -0.15) is 5.26 Å². The highest BCUT2D eigenvalue weighted by Gasteiger charge is 2.22. The molecular weight excluding hydrogens is 236 g/mol. The lowest BCUT2D eigenvalue weighted by molar-refractivity contribution is -0.143. The smallest absolute Gasteiger partial charge is 0.411 e. The molecule has 0 atom stereocenters. The van der Waals surface area contributed by atoms with E-state index in [9.17, 15) is 9.59 Å². The van der Waals surface area contributed by atoms with Gasteiger partial charge in [0.1, 0.15) is 12.1 Å². The lowest BCUT2D eigenvalue weighted by Gasteiger charge is -2.25. The summed E-state index contributed by atoms with van der Waals surface area (Å²) in [6.07, 6.45) is -0.553. The lowest BCUT2D eigenvalue weighted by Crippen LogP contribution is -2.38. The number of nitrogens with zero attached hydrogens (tertiary/aromatic N) is 2. The standard InChI is InChI=1S/C12H20N2O4/c1-5-17-10(15)6-8-14(9-7-13)11(16)18-12(2,3)4/h5-6,8-9H2,1-4H3. The Bertz CT molecular complexity index is 328. The van der Waals surface area contributed by atoms with Gasteiger partial charge >= 0.3 is 12.1 Å². The first-order chi connectivity index (χ1) is 8.30. The van der Waals surface area contributed by atoms with Crippen LogP contribution in [0, 0.1) is 11.3 Å². The molecule has 0 aromatic rings. The lowest BCUT2D eigenvalue weighted by atomic mass is 10.2. The van der Waals surface area contributed by atoms with Crippen molar-refractivity contribution < 1.29 is 19.1 Å². The highest BCUT2D eigenvalue weighted by molar-refractivity contribution is 5.72. The van der Waals surface area contributed by atoms with Crippen LogP contribution in [0.2, 0.25) is 0 Å². The summed E-state index contributed by atoms with van der Waals surface area (Å²) in [5.41, 5.74) is -0.630. The van der Waals surface area contributed by atoms with Gasteiger partial charge in [-0.15, -0.1) is 0 Å². The minimum atomic E-state index is -0.630. The Morgan fingerprint density at radius 2 is 1.94 bits per heavy atom. The number of amides is 1. The molecule has 0 saturated heterocycles. The maximum absolute atomic E-state index is 11.7. The predicted octanol–water partition coefficient (Wildman–Crippen LogP) is 1.70.